The third-order valence-corrected chi connectivity index (χ3v) is 3.83. The van der Waals surface area contributed by atoms with Crippen LogP contribution < -0.4 is 0 Å². The van der Waals surface area contributed by atoms with E-state index in [4.69, 9.17) is 9.47 Å². The van der Waals surface area contributed by atoms with Crippen LogP contribution in [0.2, 0.25) is 0 Å². The van der Waals surface area contributed by atoms with E-state index >= 15 is 0 Å². The van der Waals surface area contributed by atoms with Gasteiger partial charge in [0.05, 0.1) is 19.3 Å². The number of rotatable bonds is 4. The lowest BCUT2D eigenvalue weighted by molar-refractivity contribution is 0.00878. The number of aryl methyl sites for hydroxylation is 1. The lowest BCUT2D eigenvalue weighted by atomic mass is 10.1. The molecule has 1 amide bonds. The zero-order valence-electron chi connectivity index (χ0n) is 14.1. The fourth-order valence-electron chi connectivity index (χ4n) is 2.65. The van der Waals surface area contributed by atoms with Gasteiger partial charge in [0.25, 0.3) is 0 Å². The molecule has 1 atom stereocenters. The highest BCUT2D eigenvalue weighted by Crippen LogP contribution is 2.21. The normalized spacial score (nSPS) is 18.5. The van der Waals surface area contributed by atoms with Gasteiger partial charge in [0, 0.05) is 6.54 Å². The third kappa shape index (κ3) is 4.73. The van der Waals surface area contributed by atoms with Crippen molar-refractivity contribution in [2.24, 2.45) is 0 Å². The third-order valence-electron chi connectivity index (χ3n) is 3.83. The number of carbonyl (C=O) groups is 1. The van der Waals surface area contributed by atoms with E-state index in [0.29, 0.717) is 13.2 Å². The van der Waals surface area contributed by atoms with Gasteiger partial charge in [-0.1, -0.05) is 24.3 Å². The molecule has 1 heterocycles. The quantitative estimate of drug-likeness (QED) is 0.846. The minimum atomic E-state index is -0.452. The van der Waals surface area contributed by atoms with Crippen LogP contribution in [0.3, 0.4) is 0 Å². The summed E-state index contributed by atoms with van der Waals surface area (Å²) in [7, 11) is 0. The van der Waals surface area contributed by atoms with Crippen LogP contribution in [0.1, 0.15) is 44.7 Å². The largest absolute Gasteiger partial charge is 0.444 e. The van der Waals surface area contributed by atoms with Crippen molar-refractivity contribution in [3.05, 3.63) is 35.4 Å². The molecule has 2 rings (SSSR count). The lowest BCUT2D eigenvalue weighted by Gasteiger charge is -2.28. The van der Waals surface area contributed by atoms with Gasteiger partial charge in [-0.25, -0.2) is 4.79 Å². The van der Waals surface area contributed by atoms with Gasteiger partial charge in [0.1, 0.15) is 5.60 Å². The van der Waals surface area contributed by atoms with Gasteiger partial charge in [-0.15, -0.1) is 0 Å². The molecule has 0 aromatic heterocycles. The maximum absolute atomic E-state index is 12.2. The highest BCUT2D eigenvalue weighted by Gasteiger charge is 2.32. The number of benzene rings is 1. The summed E-state index contributed by atoms with van der Waals surface area (Å²) in [5.41, 5.74) is 1.98. The molecule has 122 valence electrons. The molecule has 0 unspecified atom stereocenters. The molecule has 4 heteroatoms. The van der Waals surface area contributed by atoms with Gasteiger partial charge in [-0.2, -0.15) is 0 Å². The highest BCUT2D eigenvalue weighted by molar-refractivity contribution is 5.68. The zero-order chi connectivity index (χ0) is 16.2. The van der Waals surface area contributed by atoms with Gasteiger partial charge in [0.2, 0.25) is 0 Å². The SMILES string of the molecule is Cc1ccccc1COC[C@@H]1CCCN1C(=O)OC(C)(C)C. The number of ether oxygens (including phenoxy) is 2. The molecule has 0 spiro atoms. The van der Waals surface area contributed by atoms with Crippen LogP contribution in [-0.4, -0.2) is 35.8 Å². The van der Waals surface area contributed by atoms with Crippen LogP contribution in [-0.2, 0) is 16.1 Å². The predicted molar refractivity (Wildman–Crippen MR) is 86.8 cm³/mol. The van der Waals surface area contributed by atoms with Gasteiger partial charge in [0.15, 0.2) is 0 Å². The van der Waals surface area contributed by atoms with E-state index in [0.717, 1.165) is 19.4 Å². The molecular formula is C18H27NO3. The summed E-state index contributed by atoms with van der Waals surface area (Å²) in [6, 6.07) is 8.34. The molecule has 22 heavy (non-hydrogen) atoms. The van der Waals surface area contributed by atoms with Crippen molar-refractivity contribution < 1.29 is 14.3 Å². The van der Waals surface area contributed by atoms with E-state index < -0.39 is 5.60 Å². The van der Waals surface area contributed by atoms with Crippen molar-refractivity contribution in [3.63, 3.8) is 0 Å². The summed E-state index contributed by atoms with van der Waals surface area (Å²) >= 11 is 0. The molecule has 1 aromatic carbocycles. The van der Waals surface area contributed by atoms with Gasteiger partial charge in [-0.05, 0) is 51.7 Å². The van der Waals surface area contributed by atoms with Crippen LogP contribution in [0.15, 0.2) is 24.3 Å². The Morgan fingerprint density at radius 3 is 2.73 bits per heavy atom. The summed E-state index contributed by atoms with van der Waals surface area (Å²) in [4.78, 5) is 14.0. The molecule has 1 aliphatic heterocycles. The van der Waals surface area contributed by atoms with Crippen LogP contribution in [0.4, 0.5) is 4.79 Å². The van der Waals surface area contributed by atoms with Crippen LogP contribution in [0, 0.1) is 6.92 Å². The summed E-state index contributed by atoms with van der Waals surface area (Å²) < 4.78 is 11.3. The first-order chi connectivity index (χ1) is 10.4. The van der Waals surface area contributed by atoms with Crippen molar-refractivity contribution >= 4 is 6.09 Å². The van der Waals surface area contributed by atoms with Crippen molar-refractivity contribution in [2.45, 2.75) is 58.8 Å². The number of hydrogen-bond donors (Lipinski definition) is 0. The Bertz CT molecular complexity index is 507. The van der Waals surface area contributed by atoms with E-state index in [2.05, 4.69) is 19.1 Å². The Morgan fingerprint density at radius 2 is 2.05 bits per heavy atom. The lowest BCUT2D eigenvalue weighted by Crippen LogP contribution is -2.41. The number of carbonyl (C=O) groups excluding carboxylic acids is 1. The fraction of sp³-hybridized carbons (Fsp3) is 0.611. The van der Waals surface area contributed by atoms with Crippen molar-refractivity contribution in [2.75, 3.05) is 13.2 Å². The fourth-order valence-corrected chi connectivity index (χ4v) is 2.65. The van der Waals surface area contributed by atoms with E-state index in [-0.39, 0.29) is 12.1 Å². The first-order valence-electron chi connectivity index (χ1n) is 7.99. The van der Waals surface area contributed by atoms with Gasteiger partial charge >= 0.3 is 6.09 Å². The maximum atomic E-state index is 12.2. The molecule has 0 radical (unpaired) electrons. The maximum Gasteiger partial charge on any atom is 0.410 e. The summed E-state index contributed by atoms with van der Waals surface area (Å²) in [5, 5.41) is 0. The van der Waals surface area contributed by atoms with Crippen molar-refractivity contribution in [1.82, 2.24) is 4.90 Å². The first-order valence-corrected chi connectivity index (χ1v) is 7.99. The predicted octanol–water partition coefficient (Wildman–Crippen LogP) is 3.91. The Balaban J connectivity index is 1.84. The second-order valence-electron chi connectivity index (χ2n) is 6.91. The minimum absolute atomic E-state index is 0.124. The minimum Gasteiger partial charge on any atom is -0.444 e. The molecule has 4 nitrogen and oxygen atoms in total. The number of hydrogen-bond acceptors (Lipinski definition) is 3. The molecule has 1 aromatic rings. The van der Waals surface area contributed by atoms with Crippen molar-refractivity contribution in [3.8, 4) is 0 Å². The monoisotopic (exact) mass is 305 g/mol. The number of amides is 1. The molecule has 0 N–H and O–H groups in total. The molecular weight excluding hydrogens is 278 g/mol. The number of likely N-dealkylation sites (tertiary alicyclic amines) is 1. The molecule has 1 saturated heterocycles. The molecule has 0 saturated carbocycles. The molecule has 1 fully saturated rings. The smallest absolute Gasteiger partial charge is 0.410 e. The van der Waals surface area contributed by atoms with E-state index in [1.807, 2.05) is 37.8 Å². The zero-order valence-corrected chi connectivity index (χ0v) is 14.1. The van der Waals surface area contributed by atoms with E-state index in [1.54, 1.807) is 0 Å². The number of nitrogens with zero attached hydrogens (tertiary/aromatic N) is 1. The molecule has 0 aliphatic carbocycles. The highest BCUT2D eigenvalue weighted by atomic mass is 16.6. The topological polar surface area (TPSA) is 38.8 Å². The Labute approximate surface area is 133 Å². The second-order valence-corrected chi connectivity index (χ2v) is 6.91. The molecule has 1 aliphatic rings. The average Bonchev–Trinajstić information content (AvgIpc) is 2.87. The van der Waals surface area contributed by atoms with Crippen LogP contribution in [0.25, 0.3) is 0 Å². The summed E-state index contributed by atoms with van der Waals surface area (Å²) in [6.45, 7) is 9.67. The Morgan fingerprint density at radius 1 is 1.32 bits per heavy atom. The molecule has 0 bridgehead atoms. The summed E-state index contributed by atoms with van der Waals surface area (Å²) in [5.74, 6) is 0. The summed E-state index contributed by atoms with van der Waals surface area (Å²) in [6.07, 6.45) is 1.76. The standard InChI is InChI=1S/C18H27NO3/c1-14-8-5-6-9-15(14)12-21-13-16-10-7-11-19(16)17(20)22-18(2,3)4/h5-6,8-9,16H,7,10-13H2,1-4H3/t16-/m0/s1. The van der Waals surface area contributed by atoms with E-state index in [9.17, 15) is 4.79 Å². The Kier molecular flexibility index (Phi) is 5.46. The van der Waals surface area contributed by atoms with Crippen molar-refractivity contribution in [1.29, 1.82) is 0 Å². The van der Waals surface area contributed by atoms with Crippen LogP contribution in [0.5, 0.6) is 0 Å². The first kappa shape index (κ1) is 16.8. The van der Waals surface area contributed by atoms with E-state index in [1.165, 1.54) is 11.1 Å². The second kappa shape index (κ2) is 7.14. The van der Waals surface area contributed by atoms with Gasteiger partial charge in [-0.3, -0.25) is 0 Å². The average molecular weight is 305 g/mol. The van der Waals surface area contributed by atoms with Gasteiger partial charge < -0.3 is 14.4 Å². The Hall–Kier alpha value is -1.55. The van der Waals surface area contributed by atoms with Crippen LogP contribution >= 0.6 is 0 Å².